The zero-order chi connectivity index (χ0) is 17.0. The van der Waals surface area contributed by atoms with Crippen molar-refractivity contribution in [3.63, 3.8) is 0 Å². The maximum absolute atomic E-state index is 11.4. The zero-order valence-corrected chi connectivity index (χ0v) is 14.9. The molecule has 0 radical (unpaired) electrons. The van der Waals surface area contributed by atoms with Crippen LogP contribution < -0.4 is 4.74 Å². The van der Waals surface area contributed by atoms with Crippen molar-refractivity contribution < 1.29 is 14.6 Å². The largest absolute Gasteiger partial charge is 0.494 e. The highest BCUT2D eigenvalue weighted by Crippen LogP contribution is 2.44. The molecule has 1 aliphatic rings. The van der Waals surface area contributed by atoms with Crippen LogP contribution in [0, 0.1) is 24.2 Å². The first kappa shape index (κ1) is 17.8. The number of carboxylic acid groups (broad SMARTS) is 1. The fourth-order valence-corrected chi connectivity index (χ4v) is 3.72. The quantitative estimate of drug-likeness (QED) is 0.781. The Labute approximate surface area is 140 Å². The highest BCUT2D eigenvalue weighted by Gasteiger charge is 2.40. The number of carbonyl (C=O) groups is 1. The molecule has 3 heteroatoms. The Hall–Kier alpha value is -1.51. The number of aryl methyl sites for hydroxylation is 2. The Kier molecular flexibility index (Phi) is 5.72. The summed E-state index contributed by atoms with van der Waals surface area (Å²) < 4.78 is 5.59. The van der Waals surface area contributed by atoms with Crippen LogP contribution >= 0.6 is 0 Å². The topological polar surface area (TPSA) is 46.5 Å². The van der Waals surface area contributed by atoms with Crippen molar-refractivity contribution in [1.29, 1.82) is 0 Å². The second-order valence-electron chi connectivity index (χ2n) is 7.47. The highest BCUT2D eigenvalue weighted by atomic mass is 16.5. The molecule has 0 spiro atoms. The molecule has 0 amide bonds. The molecule has 128 valence electrons. The SMILES string of the molecule is CCOc1ccc(CCC2CC[C@@H](C(C)(C)C(=O)O)C2)cc1C. The van der Waals surface area contributed by atoms with Crippen molar-refractivity contribution in [2.75, 3.05) is 6.61 Å². The van der Waals surface area contributed by atoms with Crippen molar-refractivity contribution in [1.82, 2.24) is 0 Å². The maximum atomic E-state index is 11.4. The van der Waals surface area contributed by atoms with E-state index in [1.165, 1.54) is 11.1 Å². The molecule has 0 aliphatic heterocycles. The Morgan fingerprint density at radius 1 is 1.35 bits per heavy atom. The van der Waals surface area contributed by atoms with Gasteiger partial charge >= 0.3 is 5.97 Å². The molecule has 3 nitrogen and oxygen atoms in total. The monoisotopic (exact) mass is 318 g/mol. The third-order valence-corrected chi connectivity index (χ3v) is 5.49. The van der Waals surface area contributed by atoms with Crippen molar-refractivity contribution >= 4 is 5.97 Å². The van der Waals surface area contributed by atoms with E-state index in [0.717, 1.165) is 37.9 Å². The molecule has 1 unspecified atom stereocenters. The summed E-state index contributed by atoms with van der Waals surface area (Å²) in [4.78, 5) is 11.4. The lowest BCUT2D eigenvalue weighted by atomic mass is 9.77. The Morgan fingerprint density at radius 3 is 2.70 bits per heavy atom. The van der Waals surface area contributed by atoms with Gasteiger partial charge in [-0.05, 0) is 82.4 Å². The Bertz CT molecular complexity index is 548. The van der Waals surface area contributed by atoms with Crippen molar-refractivity contribution in [3.05, 3.63) is 29.3 Å². The summed E-state index contributed by atoms with van der Waals surface area (Å²) in [5, 5.41) is 9.38. The molecule has 23 heavy (non-hydrogen) atoms. The van der Waals surface area contributed by atoms with Gasteiger partial charge in [0.1, 0.15) is 5.75 Å². The lowest BCUT2D eigenvalue weighted by Gasteiger charge is -2.27. The first-order valence-corrected chi connectivity index (χ1v) is 8.80. The molecule has 1 fully saturated rings. The molecule has 2 rings (SSSR count). The van der Waals surface area contributed by atoms with Crippen LogP contribution in [0.4, 0.5) is 0 Å². The van der Waals surface area contributed by atoms with E-state index in [1.807, 2.05) is 20.8 Å². The van der Waals surface area contributed by atoms with Crippen LogP contribution in [0.1, 0.15) is 57.6 Å². The number of aliphatic carboxylic acids is 1. The van der Waals surface area contributed by atoms with Crippen LogP contribution in [0.15, 0.2) is 18.2 Å². The summed E-state index contributed by atoms with van der Waals surface area (Å²) in [6, 6.07) is 6.45. The van der Waals surface area contributed by atoms with Crippen molar-refractivity contribution in [2.24, 2.45) is 17.3 Å². The van der Waals surface area contributed by atoms with Gasteiger partial charge in [-0.3, -0.25) is 4.79 Å². The van der Waals surface area contributed by atoms with Crippen molar-refractivity contribution in [2.45, 2.75) is 59.8 Å². The van der Waals surface area contributed by atoms with Crippen LogP contribution in [0.3, 0.4) is 0 Å². The minimum Gasteiger partial charge on any atom is -0.494 e. The predicted molar refractivity (Wildman–Crippen MR) is 92.9 cm³/mol. The minimum atomic E-state index is -0.662. The molecule has 1 aliphatic carbocycles. The fourth-order valence-electron chi connectivity index (χ4n) is 3.72. The van der Waals surface area contributed by atoms with E-state index in [1.54, 1.807) is 0 Å². The second-order valence-corrected chi connectivity index (χ2v) is 7.47. The van der Waals surface area contributed by atoms with Gasteiger partial charge in [0.2, 0.25) is 0 Å². The number of hydrogen-bond acceptors (Lipinski definition) is 2. The summed E-state index contributed by atoms with van der Waals surface area (Å²) in [5.41, 5.74) is 1.96. The van der Waals surface area contributed by atoms with Crippen LogP contribution in [-0.2, 0) is 11.2 Å². The number of carboxylic acids is 1. The highest BCUT2D eigenvalue weighted by molar-refractivity contribution is 5.74. The van der Waals surface area contributed by atoms with Gasteiger partial charge in [0.05, 0.1) is 12.0 Å². The average molecular weight is 318 g/mol. The molecule has 1 N–H and O–H groups in total. The fraction of sp³-hybridized carbons (Fsp3) is 0.650. The van der Waals surface area contributed by atoms with E-state index >= 15 is 0 Å². The summed E-state index contributed by atoms with van der Waals surface area (Å²) in [7, 11) is 0. The standard InChI is InChI=1S/C20H30O3/c1-5-23-18-11-9-15(12-14(18)2)6-7-16-8-10-17(13-16)20(3,4)19(21)22/h9,11-12,16-17H,5-8,10,13H2,1-4H3,(H,21,22)/t16?,17-/m1/s1. The number of ether oxygens (including phenoxy) is 1. The number of benzene rings is 1. The van der Waals surface area contributed by atoms with Gasteiger partial charge in [-0.2, -0.15) is 0 Å². The molecule has 2 atom stereocenters. The molecular formula is C20H30O3. The van der Waals surface area contributed by atoms with E-state index < -0.39 is 11.4 Å². The van der Waals surface area contributed by atoms with E-state index in [4.69, 9.17) is 4.74 Å². The second kappa shape index (κ2) is 7.37. The van der Waals surface area contributed by atoms with Gasteiger partial charge in [0.15, 0.2) is 0 Å². The van der Waals surface area contributed by atoms with Crippen molar-refractivity contribution in [3.8, 4) is 5.75 Å². The molecule has 1 saturated carbocycles. The zero-order valence-electron chi connectivity index (χ0n) is 14.9. The molecular weight excluding hydrogens is 288 g/mol. The summed E-state index contributed by atoms with van der Waals surface area (Å²) >= 11 is 0. The normalized spacial score (nSPS) is 21.4. The lowest BCUT2D eigenvalue weighted by Crippen LogP contribution is -2.31. The van der Waals surface area contributed by atoms with Crippen LogP contribution in [0.2, 0.25) is 0 Å². The average Bonchev–Trinajstić information content (AvgIpc) is 2.97. The molecule has 0 aromatic heterocycles. The summed E-state index contributed by atoms with van der Waals surface area (Å²) in [6.45, 7) is 8.54. The van der Waals surface area contributed by atoms with E-state index in [9.17, 15) is 9.90 Å². The molecule has 0 bridgehead atoms. The molecule has 1 aromatic carbocycles. The third-order valence-electron chi connectivity index (χ3n) is 5.49. The van der Waals surface area contributed by atoms with Crippen LogP contribution in [-0.4, -0.2) is 17.7 Å². The maximum Gasteiger partial charge on any atom is 0.309 e. The summed E-state index contributed by atoms with van der Waals surface area (Å²) in [5.74, 6) is 1.28. The number of hydrogen-bond donors (Lipinski definition) is 1. The van der Waals surface area contributed by atoms with Crippen LogP contribution in [0.25, 0.3) is 0 Å². The smallest absolute Gasteiger partial charge is 0.309 e. The number of rotatable bonds is 7. The first-order valence-electron chi connectivity index (χ1n) is 8.80. The lowest BCUT2D eigenvalue weighted by molar-refractivity contribution is -0.150. The molecule has 1 aromatic rings. The summed E-state index contributed by atoms with van der Waals surface area (Å²) in [6.07, 6.45) is 5.48. The Morgan fingerprint density at radius 2 is 2.09 bits per heavy atom. The van der Waals surface area contributed by atoms with Gasteiger partial charge in [0.25, 0.3) is 0 Å². The van der Waals surface area contributed by atoms with E-state index in [2.05, 4.69) is 25.1 Å². The van der Waals surface area contributed by atoms with E-state index in [0.29, 0.717) is 18.4 Å². The van der Waals surface area contributed by atoms with Gasteiger partial charge in [-0.25, -0.2) is 0 Å². The van der Waals surface area contributed by atoms with Gasteiger partial charge in [-0.1, -0.05) is 18.6 Å². The first-order chi connectivity index (χ1) is 10.8. The minimum absolute atomic E-state index is 0.312. The van der Waals surface area contributed by atoms with E-state index in [-0.39, 0.29) is 0 Å². The van der Waals surface area contributed by atoms with Gasteiger partial charge < -0.3 is 9.84 Å². The van der Waals surface area contributed by atoms with Crippen LogP contribution in [0.5, 0.6) is 5.75 Å². The molecule has 0 heterocycles. The predicted octanol–water partition coefficient (Wildman–Crippen LogP) is 4.85. The Balaban J connectivity index is 1.88. The third kappa shape index (κ3) is 4.27. The van der Waals surface area contributed by atoms with Gasteiger partial charge in [0, 0.05) is 0 Å². The molecule has 0 saturated heterocycles. The van der Waals surface area contributed by atoms with Gasteiger partial charge in [-0.15, -0.1) is 0 Å².